The lowest BCUT2D eigenvalue weighted by molar-refractivity contribution is 0.551. The Morgan fingerprint density at radius 3 is 2.66 bits per heavy atom. The molecule has 0 aliphatic heterocycles. The van der Waals surface area contributed by atoms with Gasteiger partial charge in [-0.1, -0.05) is 41.9 Å². The number of sulfonamides is 1. The zero-order valence-electron chi connectivity index (χ0n) is 17.5. The lowest BCUT2D eigenvalue weighted by atomic mass is 10.1. The van der Waals surface area contributed by atoms with Gasteiger partial charge in [0.25, 0.3) is 5.78 Å². The molecular formula is C22H21BrN6O2S. The lowest BCUT2D eigenvalue weighted by Crippen LogP contribution is -2.25. The van der Waals surface area contributed by atoms with Crippen LogP contribution < -0.4 is 4.72 Å². The largest absolute Gasteiger partial charge is 0.338 e. The minimum atomic E-state index is -3.61. The summed E-state index contributed by atoms with van der Waals surface area (Å²) in [7, 11) is -3.61. The van der Waals surface area contributed by atoms with Gasteiger partial charge in [0.15, 0.2) is 5.65 Å². The molecule has 10 heteroatoms. The van der Waals surface area contributed by atoms with E-state index in [9.17, 15) is 8.42 Å². The van der Waals surface area contributed by atoms with Gasteiger partial charge >= 0.3 is 0 Å². The van der Waals surface area contributed by atoms with Crippen LogP contribution in [0.2, 0.25) is 0 Å². The molecule has 8 nitrogen and oxygen atoms in total. The number of halogens is 1. The second-order valence-corrected chi connectivity index (χ2v) is 10.8. The van der Waals surface area contributed by atoms with Crippen LogP contribution in [-0.2, 0) is 10.0 Å². The molecule has 32 heavy (non-hydrogen) atoms. The maximum Gasteiger partial charge on any atom is 0.253 e. The molecule has 0 unspecified atom stereocenters. The van der Waals surface area contributed by atoms with Gasteiger partial charge in [0.05, 0.1) is 16.8 Å². The van der Waals surface area contributed by atoms with Crippen LogP contribution in [0.25, 0.3) is 39.1 Å². The third kappa shape index (κ3) is 3.89. The van der Waals surface area contributed by atoms with Crippen molar-refractivity contribution in [2.75, 3.05) is 6.54 Å². The molecule has 0 bridgehead atoms. The molecule has 0 aliphatic rings. The Balaban J connectivity index is 1.57. The van der Waals surface area contributed by atoms with Crippen molar-refractivity contribution in [3.05, 3.63) is 53.1 Å². The van der Waals surface area contributed by atoms with E-state index in [0.717, 1.165) is 27.7 Å². The fourth-order valence-electron chi connectivity index (χ4n) is 3.54. The van der Waals surface area contributed by atoms with Crippen LogP contribution in [0.5, 0.6) is 0 Å². The molecule has 5 rings (SSSR count). The topological polar surface area (TPSA) is 105 Å². The number of aromatic amines is 1. The Bertz CT molecular complexity index is 1550. The molecule has 2 N–H and O–H groups in total. The second kappa shape index (κ2) is 7.95. The predicted molar refractivity (Wildman–Crippen MR) is 128 cm³/mol. The van der Waals surface area contributed by atoms with Crippen LogP contribution in [-0.4, -0.2) is 39.5 Å². The summed E-state index contributed by atoms with van der Waals surface area (Å²) < 4.78 is 30.8. The SMILES string of the molecule is CC(C)CCNS(=O)(=O)c1ccc2[nH]c3nc4nc(-c5ccc(Br)cc5)cn4nc3c2c1. The summed E-state index contributed by atoms with van der Waals surface area (Å²) >= 11 is 3.44. The summed E-state index contributed by atoms with van der Waals surface area (Å²) in [6.45, 7) is 4.52. The smallest absolute Gasteiger partial charge is 0.253 e. The zero-order chi connectivity index (χ0) is 22.5. The normalized spacial score (nSPS) is 12.5. The van der Waals surface area contributed by atoms with Crippen molar-refractivity contribution >= 4 is 53.8 Å². The zero-order valence-corrected chi connectivity index (χ0v) is 19.9. The number of imidazole rings is 1. The van der Waals surface area contributed by atoms with Gasteiger partial charge in [0, 0.05) is 27.5 Å². The van der Waals surface area contributed by atoms with Crippen molar-refractivity contribution < 1.29 is 8.42 Å². The predicted octanol–water partition coefficient (Wildman–Crippen LogP) is 4.51. The van der Waals surface area contributed by atoms with Crippen molar-refractivity contribution in [2.24, 2.45) is 5.92 Å². The maximum absolute atomic E-state index is 12.7. The van der Waals surface area contributed by atoms with Gasteiger partial charge in [-0.2, -0.15) is 10.1 Å². The van der Waals surface area contributed by atoms with Crippen molar-refractivity contribution in [2.45, 2.75) is 25.2 Å². The van der Waals surface area contributed by atoms with Gasteiger partial charge < -0.3 is 4.98 Å². The fraction of sp³-hybridized carbons (Fsp3) is 0.227. The number of fused-ring (bicyclic) bond motifs is 4. The van der Waals surface area contributed by atoms with Crippen LogP contribution in [0.15, 0.2) is 58.0 Å². The lowest BCUT2D eigenvalue weighted by Gasteiger charge is -2.08. The summed E-state index contributed by atoms with van der Waals surface area (Å²) in [4.78, 5) is 12.6. The number of nitrogens with zero attached hydrogens (tertiary/aromatic N) is 4. The molecule has 164 valence electrons. The van der Waals surface area contributed by atoms with Gasteiger partial charge in [-0.3, -0.25) is 0 Å². The average Bonchev–Trinajstić information content (AvgIpc) is 3.32. The maximum atomic E-state index is 12.7. The number of benzene rings is 2. The minimum Gasteiger partial charge on any atom is -0.338 e. The first-order valence-electron chi connectivity index (χ1n) is 10.2. The molecule has 0 saturated carbocycles. The molecule has 0 atom stereocenters. The molecule has 2 aromatic carbocycles. The van der Waals surface area contributed by atoms with E-state index in [1.165, 1.54) is 0 Å². The third-order valence-corrected chi connectivity index (χ3v) is 7.26. The van der Waals surface area contributed by atoms with Crippen LogP contribution in [0.4, 0.5) is 0 Å². The van der Waals surface area contributed by atoms with E-state index in [4.69, 9.17) is 0 Å². The third-order valence-electron chi connectivity index (χ3n) is 5.28. The molecule has 0 radical (unpaired) electrons. The van der Waals surface area contributed by atoms with E-state index in [1.54, 1.807) is 22.7 Å². The van der Waals surface area contributed by atoms with Gasteiger partial charge in [-0.25, -0.2) is 22.6 Å². The Hall–Kier alpha value is -2.82. The highest BCUT2D eigenvalue weighted by molar-refractivity contribution is 9.10. The van der Waals surface area contributed by atoms with Crippen molar-refractivity contribution in [3.63, 3.8) is 0 Å². The Labute approximate surface area is 193 Å². The number of H-pyrrole nitrogens is 1. The molecule has 0 amide bonds. The van der Waals surface area contributed by atoms with Crippen LogP contribution in [0.3, 0.4) is 0 Å². The fourth-order valence-corrected chi connectivity index (χ4v) is 4.87. The number of hydrogen-bond acceptors (Lipinski definition) is 5. The number of hydrogen-bond donors (Lipinski definition) is 2. The van der Waals surface area contributed by atoms with E-state index in [2.05, 4.69) is 54.6 Å². The molecule has 0 fully saturated rings. The highest BCUT2D eigenvalue weighted by Gasteiger charge is 2.18. The summed E-state index contributed by atoms with van der Waals surface area (Å²) in [5, 5.41) is 5.37. The molecule has 0 aliphatic carbocycles. The summed E-state index contributed by atoms with van der Waals surface area (Å²) in [6, 6.07) is 12.8. The average molecular weight is 513 g/mol. The highest BCUT2D eigenvalue weighted by Crippen LogP contribution is 2.27. The number of aromatic nitrogens is 5. The molecule has 5 aromatic rings. The monoisotopic (exact) mass is 512 g/mol. The first-order chi connectivity index (χ1) is 15.3. The summed E-state index contributed by atoms with van der Waals surface area (Å²) in [6.07, 6.45) is 2.59. The summed E-state index contributed by atoms with van der Waals surface area (Å²) in [5.41, 5.74) is 3.62. The molecule has 0 saturated heterocycles. The van der Waals surface area contributed by atoms with E-state index in [-0.39, 0.29) is 4.90 Å². The van der Waals surface area contributed by atoms with Gasteiger partial charge in [-0.15, -0.1) is 0 Å². The van der Waals surface area contributed by atoms with Crippen molar-refractivity contribution in [1.82, 2.24) is 29.3 Å². The van der Waals surface area contributed by atoms with Crippen molar-refractivity contribution in [3.8, 4) is 11.3 Å². The standard InChI is InChI=1S/C22H21BrN6O2S/c1-13(2)9-10-24-32(30,31)16-7-8-18-17(11-16)20-21(25-18)27-22-26-19(12-29(22)28-20)14-3-5-15(23)6-4-14/h3-8,11-13,24H,9-10H2,1-2H3,(H,25,26,27). The molecular weight excluding hydrogens is 492 g/mol. The summed E-state index contributed by atoms with van der Waals surface area (Å²) in [5.74, 6) is 0.883. The quantitative estimate of drug-likeness (QED) is 0.348. The number of nitrogens with one attached hydrogen (secondary N) is 2. The Morgan fingerprint density at radius 2 is 1.91 bits per heavy atom. The first-order valence-corrected chi connectivity index (χ1v) is 12.5. The van der Waals surface area contributed by atoms with E-state index in [0.29, 0.717) is 34.8 Å². The van der Waals surface area contributed by atoms with Crippen LogP contribution in [0, 0.1) is 5.92 Å². The Morgan fingerprint density at radius 1 is 1.12 bits per heavy atom. The molecule has 3 aromatic heterocycles. The van der Waals surface area contributed by atoms with Crippen molar-refractivity contribution in [1.29, 1.82) is 0 Å². The van der Waals surface area contributed by atoms with E-state index >= 15 is 0 Å². The van der Waals surface area contributed by atoms with Crippen LogP contribution in [0.1, 0.15) is 20.3 Å². The van der Waals surface area contributed by atoms with Gasteiger partial charge in [0.1, 0.15) is 5.52 Å². The van der Waals surface area contributed by atoms with Crippen LogP contribution >= 0.6 is 15.9 Å². The molecule has 0 spiro atoms. The first kappa shape index (κ1) is 21.0. The Kier molecular flexibility index (Phi) is 5.23. The van der Waals surface area contributed by atoms with Gasteiger partial charge in [-0.05, 0) is 42.7 Å². The number of rotatable bonds is 6. The highest BCUT2D eigenvalue weighted by atomic mass is 79.9. The van der Waals surface area contributed by atoms with Gasteiger partial charge in [0.2, 0.25) is 10.0 Å². The van der Waals surface area contributed by atoms with E-state index in [1.807, 2.05) is 30.5 Å². The minimum absolute atomic E-state index is 0.206. The second-order valence-electron chi connectivity index (χ2n) is 8.10. The molecule has 3 heterocycles. The van der Waals surface area contributed by atoms with E-state index < -0.39 is 10.0 Å².